The molecule has 0 radical (unpaired) electrons. The number of anilines is 3. The van der Waals surface area contributed by atoms with Crippen molar-refractivity contribution in [2.45, 2.75) is 63.5 Å². The van der Waals surface area contributed by atoms with E-state index in [9.17, 15) is 18.4 Å². The zero-order valence-corrected chi connectivity index (χ0v) is 22.2. The summed E-state index contributed by atoms with van der Waals surface area (Å²) in [5.74, 6) is -4.60. The van der Waals surface area contributed by atoms with Crippen molar-refractivity contribution in [2.24, 2.45) is 0 Å². The van der Waals surface area contributed by atoms with Gasteiger partial charge in [-0.3, -0.25) is 15.0 Å². The van der Waals surface area contributed by atoms with Crippen molar-refractivity contribution in [2.75, 3.05) is 49.0 Å². The largest absolute Gasteiger partial charge is 0.345 e. The molecule has 1 aliphatic carbocycles. The van der Waals surface area contributed by atoms with Crippen molar-refractivity contribution >= 4 is 29.3 Å². The first-order valence-electron chi connectivity index (χ1n) is 13.3. The van der Waals surface area contributed by atoms with Crippen molar-refractivity contribution in [3.8, 4) is 0 Å². The van der Waals surface area contributed by atoms with Gasteiger partial charge in [0.15, 0.2) is 5.82 Å². The highest BCUT2D eigenvalue weighted by Gasteiger charge is 2.49. The summed E-state index contributed by atoms with van der Waals surface area (Å²) in [6.45, 7) is 2.88. The number of alkyl halides is 2. The van der Waals surface area contributed by atoms with Crippen LogP contribution in [-0.4, -0.2) is 83.4 Å². The summed E-state index contributed by atoms with van der Waals surface area (Å²) >= 11 is 0. The molecular weight excluding hydrogens is 492 g/mol. The molecule has 1 aromatic carbocycles. The summed E-state index contributed by atoms with van der Waals surface area (Å²) in [6.07, 6.45) is 6.33. The molecule has 0 atom stereocenters. The van der Waals surface area contributed by atoms with Crippen LogP contribution >= 0.6 is 0 Å². The molecule has 38 heavy (non-hydrogen) atoms. The molecule has 3 aliphatic rings. The van der Waals surface area contributed by atoms with Crippen LogP contribution in [0, 0.1) is 6.92 Å². The normalized spacial score (nSPS) is 20.8. The maximum atomic E-state index is 14.9. The number of benzene rings is 1. The van der Waals surface area contributed by atoms with Gasteiger partial charge in [-0.05, 0) is 64.9 Å². The van der Waals surface area contributed by atoms with E-state index in [2.05, 4.69) is 27.3 Å². The molecule has 9 nitrogen and oxygen atoms in total. The number of hydrogen-bond donors (Lipinski definition) is 1. The standard InChI is InChI=1S/C27H35F2N7O2/c1-18-7-6-8-19(15-18)24(37)36(21-11-13-33(2)14-12-21)32-26-30-16-22-23(31-26)35(20-9-4-5-10-20)17-27(28,29)25(38)34(22)3/h6-8,15-16,20-21H,4-5,9-14,17H2,1-3H3,(H,30,31,32). The number of piperidine rings is 1. The fourth-order valence-electron chi connectivity index (χ4n) is 5.68. The highest BCUT2D eigenvalue weighted by molar-refractivity contribution is 6.02. The van der Waals surface area contributed by atoms with Crippen molar-refractivity contribution in [3.63, 3.8) is 0 Å². The third-order valence-corrected chi connectivity index (χ3v) is 7.89. The number of likely N-dealkylation sites (tertiary alicyclic amines) is 1. The lowest BCUT2D eigenvalue weighted by Crippen LogP contribution is -2.49. The van der Waals surface area contributed by atoms with Crippen LogP contribution < -0.4 is 15.2 Å². The van der Waals surface area contributed by atoms with Crippen LogP contribution in [0.1, 0.15) is 54.4 Å². The molecule has 0 bridgehead atoms. The quantitative estimate of drug-likeness (QED) is 0.594. The van der Waals surface area contributed by atoms with Gasteiger partial charge in [0.2, 0.25) is 5.95 Å². The number of halogens is 2. The third kappa shape index (κ3) is 5.16. The first kappa shape index (κ1) is 26.3. The third-order valence-electron chi connectivity index (χ3n) is 7.89. The summed E-state index contributed by atoms with van der Waals surface area (Å²) in [6, 6.07) is 7.17. The van der Waals surface area contributed by atoms with Crippen LogP contribution in [0.5, 0.6) is 0 Å². The number of hydrazine groups is 1. The van der Waals surface area contributed by atoms with Gasteiger partial charge in [-0.15, -0.1) is 0 Å². The van der Waals surface area contributed by atoms with Gasteiger partial charge < -0.3 is 14.7 Å². The minimum absolute atomic E-state index is 0.0962. The Morgan fingerprint density at radius 1 is 1.13 bits per heavy atom. The minimum atomic E-state index is -3.55. The molecule has 2 amide bonds. The van der Waals surface area contributed by atoms with Crippen molar-refractivity contribution in [1.82, 2.24) is 19.9 Å². The molecular formula is C27H35F2N7O2. The Labute approximate surface area is 221 Å². The Balaban J connectivity index is 1.51. The van der Waals surface area contributed by atoms with Crippen LogP contribution in [0.25, 0.3) is 0 Å². The van der Waals surface area contributed by atoms with E-state index in [0.717, 1.165) is 62.1 Å². The second-order valence-electron chi connectivity index (χ2n) is 10.7. The number of carbonyl (C=O) groups excluding carboxylic acids is 2. The Bertz CT molecular complexity index is 1200. The van der Waals surface area contributed by atoms with Gasteiger partial charge in [-0.2, -0.15) is 13.8 Å². The highest BCUT2D eigenvalue weighted by Crippen LogP contribution is 2.39. The van der Waals surface area contributed by atoms with Gasteiger partial charge in [0.05, 0.1) is 18.8 Å². The average Bonchev–Trinajstić information content (AvgIpc) is 3.42. The van der Waals surface area contributed by atoms with E-state index in [1.54, 1.807) is 16.0 Å². The number of hydrogen-bond acceptors (Lipinski definition) is 7. The van der Waals surface area contributed by atoms with Gasteiger partial charge in [0, 0.05) is 18.7 Å². The lowest BCUT2D eigenvalue weighted by atomic mass is 10.0. The van der Waals surface area contributed by atoms with Gasteiger partial charge >= 0.3 is 5.92 Å². The fraction of sp³-hybridized carbons (Fsp3) is 0.556. The maximum Gasteiger partial charge on any atom is 0.342 e. The Morgan fingerprint density at radius 2 is 1.84 bits per heavy atom. The van der Waals surface area contributed by atoms with Crippen molar-refractivity contribution in [3.05, 3.63) is 41.6 Å². The predicted molar refractivity (Wildman–Crippen MR) is 141 cm³/mol. The molecule has 2 fully saturated rings. The molecule has 1 saturated heterocycles. The maximum absolute atomic E-state index is 14.9. The van der Waals surface area contributed by atoms with Crippen molar-refractivity contribution in [1.29, 1.82) is 0 Å². The van der Waals surface area contributed by atoms with E-state index in [1.807, 2.05) is 25.1 Å². The number of carbonyl (C=O) groups is 2. The summed E-state index contributed by atoms with van der Waals surface area (Å²) in [4.78, 5) is 40.1. The molecule has 5 rings (SSSR count). The lowest BCUT2D eigenvalue weighted by molar-refractivity contribution is -0.140. The number of rotatable bonds is 5. The topological polar surface area (TPSA) is 84.9 Å². The molecule has 3 heterocycles. The summed E-state index contributed by atoms with van der Waals surface area (Å²) in [5.41, 5.74) is 4.89. The number of nitrogens with one attached hydrogen (secondary N) is 1. The van der Waals surface area contributed by atoms with Crippen LogP contribution in [0.15, 0.2) is 30.5 Å². The first-order chi connectivity index (χ1) is 18.1. The summed E-state index contributed by atoms with van der Waals surface area (Å²) in [7, 11) is 3.38. The Hall–Kier alpha value is -3.34. The molecule has 1 N–H and O–H groups in total. The van der Waals surface area contributed by atoms with Crippen LogP contribution in [0.3, 0.4) is 0 Å². The molecule has 0 spiro atoms. The average molecular weight is 528 g/mol. The second kappa shape index (κ2) is 10.4. The summed E-state index contributed by atoms with van der Waals surface area (Å²) in [5, 5.41) is 1.59. The number of fused-ring (bicyclic) bond motifs is 1. The Kier molecular flexibility index (Phi) is 7.21. The van der Waals surface area contributed by atoms with Gasteiger partial charge in [0.25, 0.3) is 11.8 Å². The molecule has 2 aromatic rings. The van der Waals surface area contributed by atoms with Crippen LogP contribution in [0.2, 0.25) is 0 Å². The minimum Gasteiger partial charge on any atom is -0.345 e. The van der Waals surface area contributed by atoms with Crippen LogP contribution in [0.4, 0.5) is 26.2 Å². The predicted octanol–water partition coefficient (Wildman–Crippen LogP) is 3.71. The van der Waals surface area contributed by atoms with E-state index in [-0.39, 0.29) is 35.4 Å². The molecule has 1 aromatic heterocycles. The number of aromatic nitrogens is 2. The number of nitrogens with zero attached hydrogens (tertiary/aromatic N) is 6. The highest BCUT2D eigenvalue weighted by atomic mass is 19.3. The zero-order valence-electron chi connectivity index (χ0n) is 22.2. The molecule has 1 saturated carbocycles. The van der Waals surface area contributed by atoms with E-state index in [4.69, 9.17) is 0 Å². The molecule has 2 aliphatic heterocycles. The fourth-order valence-corrected chi connectivity index (χ4v) is 5.68. The lowest BCUT2D eigenvalue weighted by Gasteiger charge is -2.37. The van der Waals surface area contributed by atoms with Gasteiger partial charge in [0.1, 0.15) is 5.69 Å². The smallest absolute Gasteiger partial charge is 0.342 e. The molecule has 0 unspecified atom stereocenters. The molecule has 204 valence electrons. The Morgan fingerprint density at radius 3 is 2.53 bits per heavy atom. The SMILES string of the molecule is Cc1cccc(C(=O)N(Nc2ncc3c(n2)N(C2CCCC2)CC(F)(F)C(=O)N3C)C2CCN(C)CC2)c1. The second-order valence-corrected chi connectivity index (χ2v) is 10.7. The first-order valence-corrected chi connectivity index (χ1v) is 13.3. The molecule has 11 heteroatoms. The van der Waals surface area contributed by atoms with Crippen LogP contribution in [-0.2, 0) is 4.79 Å². The van der Waals surface area contributed by atoms with Gasteiger partial charge in [-0.25, -0.2) is 9.99 Å². The summed E-state index contributed by atoms with van der Waals surface area (Å²) < 4.78 is 29.9. The van der Waals surface area contributed by atoms with E-state index in [0.29, 0.717) is 5.56 Å². The van der Waals surface area contributed by atoms with E-state index in [1.165, 1.54) is 13.2 Å². The van der Waals surface area contributed by atoms with E-state index < -0.39 is 18.4 Å². The zero-order chi connectivity index (χ0) is 27.0. The van der Waals surface area contributed by atoms with E-state index >= 15 is 0 Å². The monoisotopic (exact) mass is 527 g/mol. The van der Waals surface area contributed by atoms with Gasteiger partial charge in [-0.1, -0.05) is 30.5 Å². The number of aryl methyl sites for hydroxylation is 1. The van der Waals surface area contributed by atoms with Crippen molar-refractivity contribution < 1.29 is 18.4 Å². The number of amides is 2.